The molecule has 240 valence electrons. The van der Waals surface area contributed by atoms with Gasteiger partial charge in [0.2, 0.25) is 0 Å². The highest BCUT2D eigenvalue weighted by Crippen LogP contribution is 2.46. The molecule has 3 nitrogen and oxygen atoms in total. The second-order valence-corrected chi connectivity index (χ2v) is 12.0. The van der Waals surface area contributed by atoms with Crippen molar-refractivity contribution in [2.75, 3.05) is 0 Å². The zero-order chi connectivity index (χ0) is 34.2. The van der Waals surface area contributed by atoms with E-state index in [4.69, 9.17) is 0 Å². The van der Waals surface area contributed by atoms with Gasteiger partial charge in [0.25, 0.3) is 0 Å². The van der Waals surface area contributed by atoms with Gasteiger partial charge >= 0.3 is 12.4 Å². The van der Waals surface area contributed by atoms with Crippen LogP contribution in [0.2, 0.25) is 0 Å². The Morgan fingerprint density at radius 1 is 0.510 bits per heavy atom. The number of nitrogens with zero attached hydrogens (tertiary/aromatic N) is 3. The summed E-state index contributed by atoms with van der Waals surface area (Å²) >= 11 is 0. The van der Waals surface area contributed by atoms with Gasteiger partial charge in [0.15, 0.2) is 0 Å². The van der Waals surface area contributed by atoms with E-state index in [0.29, 0.717) is 38.6 Å². The van der Waals surface area contributed by atoms with E-state index in [0.717, 1.165) is 28.5 Å². The summed E-state index contributed by atoms with van der Waals surface area (Å²) in [6.45, 7) is 1.92. The lowest BCUT2D eigenvalue weighted by Gasteiger charge is -2.23. The van der Waals surface area contributed by atoms with Gasteiger partial charge in [-0.1, -0.05) is 60.2 Å². The molecule has 49 heavy (non-hydrogen) atoms. The first kappa shape index (κ1) is 30.3. The fourth-order valence-corrected chi connectivity index (χ4v) is 6.94. The maximum Gasteiger partial charge on any atom is 0.420 e. The number of hydrogen-bond acceptors (Lipinski definition) is 1. The van der Waals surface area contributed by atoms with E-state index in [1.807, 2.05) is 31.2 Å². The fourth-order valence-electron chi connectivity index (χ4n) is 6.94. The van der Waals surface area contributed by atoms with Crippen LogP contribution in [-0.4, -0.2) is 9.13 Å². The van der Waals surface area contributed by atoms with E-state index >= 15 is 13.2 Å². The monoisotopic (exact) mass is 659 g/mol. The number of para-hydroxylation sites is 2. The van der Waals surface area contributed by atoms with Crippen molar-refractivity contribution in [2.24, 2.45) is 0 Å². The van der Waals surface area contributed by atoms with Gasteiger partial charge < -0.3 is 9.13 Å². The van der Waals surface area contributed by atoms with Crippen LogP contribution in [-0.2, 0) is 12.4 Å². The smallest absolute Gasteiger partial charge is 0.309 e. The van der Waals surface area contributed by atoms with Crippen molar-refractivity contribution in [1.29, 1.82) is 5.26 Å². The second-order valence-electron chi connectivity index (χ2n) is 12.0. The molecule has 0 bridgehead atoms. The number of aromatic nitrogens is 2. The van der Waals surface area contributed by atoms with E-state index in [9.17, 15) is 18.4 Å². The topological polar surface area (TPSA) is 33.6 Å². The molecule has 8 aromatic rings. The van der Waals surface area contributed by atoms with Gasteiger partial charge in [-0.3, -0.25) is 0 Å². The minimum absolute atomic E-state index is 0.157. The molecule has 0 radical (unpaired) electrons. The van der Waals surface area contributed by atoms with Gasteiger partial charge in [-0.25, -0.2) is 0 Å². The number of nitriles is 1. The molecule has 0 saturated heterocycles. The summed E-state index contributed by atoms with van der Waals surface area (Å²) in [5.41, 5.74) is 1.51. The Hall–Kier alpha value is -6.01. The van der Waals surface area contributed by atoms with Crippen LogP contribution in [0.3, 0.4) is 0 Å². The molecule has 0 amide bonds. The molecule has 0 saturated carbocycles. The lowest BCUT2D eigenvalue weighted by Crippen LogP contribution is -2.16. The van der Waals surface area contributed by atoms with Gasteiger partial charge in [-0.05, 0) is 84.8 Å². The molecule has 0 aliphatic carbocycles. The van der Waals surface area contributed by atoms with E-state index in [1.54, 1.807) is 71.3 Å². The van der Waals surface area contributed by atoms with Gasteiger partial charge in [0, 0.05) is 21.5 Å². The van der Waals surface area contributed by atoms with Crippen LogP contribution < -0.4 is 0 Å². The minimum atomic E-state index is -4.91. The Morgan fingerprint density at radius 2 is 1.06 bits per heavy atom. The molecular formula is C40H23F6N3. The highest BCUT2D eigenvalue weighted by Gasteiger charge is 2.40. The van der Waals surface area contributed by atoms with Crippen molar-refractivity contribution in [1.82, 2.24) is 9.13 Å². The molecule has 0 fully saturated rings. The standard InChI is InChI=1S/C40H23F6N3/c1-23-13-15-34-30(17-23)28-9-2-4-11-32(28)48(34)36-19-26(25-8-6-7-24(18-25)22-47)20-37(38(36)40(44,45)46)49-33-12-5-3-10-29(33)31-21-27(39(41,42)43)14-16-35(31)49/h2-21H,1H3. The summed E-state index contributed by atoms with van der Waals surface area (Å²) in [6.07, 6.45) is -9.56. The van der Waals surface area contributed by atoms with Crippen LogP contribution in [0.15, 0.2) is 121 Å². The third-order valence-corrected chi connectivity index (χ3v) is 9.01. The summed E-state index contributed by atoms with van der Waals surface area (Å²) in [4.78, 5) is 0. The highest BCUT2D eigenvalue weighted by atomic mass is 19.4. The van der Waals surface area contributed by atoms with E-state index in [1.165, 1.54) is 22.8 Å². The number of fused-ring (bicyclic) bond motifs is 6. The van der Waals surface area contributed by atoms with Crippen LogP contribution in [0.4, 0.5) is 26.3 Å². The first-order valence-corrected chi connectivity index (χ1v) is 15.3. The van der Waals surface area contributed by atoms with Crippen molar-refractivity contribution in [3.8, 4) is 28.6 Å². The summed E-state index contributed by atoms with van der Waals surface area (Å²) < 4.78 is 92.1. The van der Waals surface area contributed by atoms with Crippen molar-refractivity contribution >= 4 is 43.6 Å². The van der Waals surface area contributed by atoms with E-state index in [2.05, 4.69) is 6.07 Å². The van der Waals surface area contributed by atoms with Crippen LogP contribution in [0, 0.1) is 18.3 Å². The Labute approximate surface area is 275 Å². The first-order chi connectivity index (χ1) is 23.4. The van der Waals surface area contributed by atoms with Crippen molar-refractivity contribution in [3.63, 3.8) is 0 Å². The Kier molecular flexibility index (Phi) is 6.66. The van der Waals surface area contributed by atoms with Gasteiger partial charge in [0.05, 0.1) is 50.6 Å². The maximum absolute atomic E-state index is 15.8. The summed E-state index contributed by atoms with van der Waals surface area (Å²) in [6, 6.07) is 34.0. The lowest BCUT2D eigenvalue weighted by atomic mass is 9.98. The zero-order valence-electron chi connectivity index (χ0n) is 25.7. The highest BCUT2D eigenvalue weighted by molar-refractivity contribution is 6.11. The number of aryl methyl sites for hydroxylation is 1. The number of hydrogen-bond donors (Lipinski definition) is 0. The third kappa shape index (κ3) is 4.82. The van der Waals surface area contributed by atoms with Gasteiger partial charge in [-0.15, -0.1) is 0 Å². The van der Waals surface area contributed by atoms with Crippen LogP contribution in [0.5, 0.6) is 0 Å². The quantitative estimate of drug-likeness (QED) is 0.174. The molecule has 0 unspecified atom stereocenters. The third-order valence-electron chi connectivity index (χ3n) is 9.01. The fraction of sp³-hybridized carbons (Fsp3) is 0.0750. The van der Waals surface area contributed by atoms with Crippen LogP contribution >= 0.6 is 0 Å². The molecule has 0 aliphatic heterocycles. The summed E-state index contributed by atoms with van der Waals surface area (Å²) in [7, 11) is 0. The van der Waals surface area contributed by atoms with Crippen molar-refractivity contribution in [2.45, 2.75) is 19.3 Å². The molecule has 2 heterocycles. The zero-order valence-corrected chi connectivity index (χ0v) is 25.7. The molecular weight excluding hydrogens is 636 g/mol. The van der Waals surface area contributed by atoms with Crippen LogP contribution in [0.25, 0.3) is 66.1 Å². The lowest BCUT2D eigenvalue weighted by molar-refractivity contribution is -0.138. The summed E-state index contributed by atoms with van der Waals surface area (Å²) in [5.74, 6) is 0. The predicted octanol–water partition coefficient (Wildman–Crippen LogP) is 11.8. The molecule has 2 aromatic heterocycles. The van der Waals surface area contributed by atoms with Gasteiger partial charge in [-0.2, -0.15) is 31.6 Å². The number of alkyl halides is 6. The average molecular weight is 660 g/mol. The van der Waals surface area contributed by atoms with Crippen LogP contribution in [0.1, 0.15) is 22.3 Å². The largest absolute Gasteiger partial charge is 0.420 e. The second kappa shape index (κ2) is 10.8. The van der Waals surface area contributed by atoms with Crippen molar-refractivity contribution < 1.29 is 26.3 Å². The summed E-state index contributed by atoms with van der Waals surface area (Å²) in [5, 5.41) is 11.8. The molecule has 0 atom stereocenters. The Bertz CT molecular complexity index is 2670. The number of benzene rings is 6. The van der Waals surface area contributed by atoms with E-state index < -0.39 is 23.5 Å². The predicted molar refractivity (Wildman–Crippen MR) is 180 cm³/mol. The van der Waals surface area contributed by atoms with Gasteiger partial charge in [0.1, 0.15) is 5.56 Å². The molecule has 6 aromatic carbocycles. The average Bonchev–Trinajstić information content (AvgIpc) is 3.59. The molecule has 8 rings (SSSR count). The molecule has 0 spiro atoms. The first-order valence-electron chi connectivity index (χ1n) is 15.3. The maximum atomic E-state index is 15.8. The Morgan fingerprint density at radius 3 is 1.63 bits per heavy atom. The Balaban J connectivity index is 1.58. The van der Waals surface area contributed by atoms with E-state index in [-0.39, 0.29) is 22.3 Å². The molecule has 0 aliphatic rings. The SMILES string of the molecule is Cc1ccc2c(c1)c1ccccc1n2-c1cc(-c2cccc(C#N)c2)cc(-n2c3ccccc3c3cc(C(F)(F)F)ccc32)c1C(F)(F)F. The molecule has 0 N–H and O–H groups in total. The normalized spacial score (nSPS) is 12.4. The van der Waals surface area contributed by atoms with Crippen molar-refractivity contribution in [3.05, 3.63) is 144 Å². The molecule has 9 heteroatoms. The number of rotatable bonds is 3. The number of halogens is 6. The minimum Gasteiger partial charge on any atom is -0.309 e.